The van der Waals surface area contributed by atoms with Crippen LogP contribution < -0.4 is 5.32 Å². The van der Waals surface area contributed by atoms with Crippen molar-refractivity contribution in [3.8, 4) is 0 Å². The van der Waals surface area contributed by atoms with Crippen molar-refractivity contribution in [1.29, 1.82) is 0 Å². The van der Waals surface area contributed by atoms with Gasteiger partial charge in [0, 0.05) is 44.3 Å². The van der Waals surface area contributed by atoms with E-state index in [0.717, 1.165) is 17.8 Å². The van der Waals surface area contributed by atoms with E-state index in [1.165, 1.54) is 4.31 Å². The molecule has 0 spiro atoms. The number of sulfonamides is 1. The Labute approximate surface area is 171 Å². The molecule has 3 rings (SSSR count). The zero-order chi connectivity index (χ0) is 20.0. The van der Waals surface area contributed by atoms with Crippen molar-refractivity contribution >= 4 is 33.0 Å². The van der Waals surface area contributed by atoms with Crippen LogP contribution in [0.3, 0.4) is 0 Å². The van der Waals surface area contributed by atoms with Gasteiger partial charge in [-0.3, -0.25) is 4.98 Å². The SMILES string of the molecule is CCN(Cc1ccncc1)C(=S)Nc1ccc(S(=O)(=O)N2CCOCC2)cc1. The first-order chi connectivity index (χ1) is 13.5. The molecule has 28 heavy (non-hydrogen) atoms. The summed E-state index contributed by atoms with van der Waals surface area (Å²) in [5.74, 6) is 0. The van der Waals surface area contributed by atoms with Crippen LogP contribution >= 0.6 is 12.2 Å². The maximum Gasteiger partial charge on any atom is 0.243 e. The van der Waals surface area contributed by atoms with Crippen molar-refractivity contribution in [2.45, 2.75) is 18.4 Å². The van der Waals surface area contributed by atoms with Crippen LogP contribution in [-0.4, -0.2) is 60.6 Å². The molecule has 0 atom stereocenters. The van der Waals surface area contributed by atoms with Gasteiger partial charge in [-0.05, 0) is 61.1 Å². The number of thiocarbonyl (C=S) groups is 1. The summed E-state index contributed by atoms with van der Waals surface area (Å²) in [5.41, 5.74) is 1.87. The third kappa shape index (κ3) is 5.05. The second-order valence-corrected chi connectivity index (χ2v) is 8.67. The summed E-state index contributed by atoms with van der Waals surface area (Å²) < 4.78 is 32.1. The van der Waals surface area contributed by atoms with Gasteiger partial charge in [-0.2, -0.15) is 4.31 Å². The number of aromatic nitrogens is 1. The van der Waals surface area contributed by atoms with Crippen LogP contribution in [0.25, 0.3) is 0 Å². The molecule has 1 aliphatic rings. The predicted octanol–water partition coefficient (Wildman–Crippen LogP) is 2.32. The van der Waals surface area contributed by atoms with Gasteiger partial charge in [0.15, 0.2) is 5.11 Å². The number of morpholine rings is 1. The third-order valence-corrected chi connectivity index (χ3v) is 6.78. The molecule has 1 aliphatic heterocycles. The highest BCUT2D eigenvalue weighted by molar-refractivity contribution is 7.89. The fourth-order valence-corrected chi connectivity index (χ4v) is 4.60. The third-order valence-electron chi connectivity index (χ3n) is 4.51. The number of nitrogens with one attached hydrogen (secondary N) is 1. The van der Waals surface area contributed by atoms with Crippen molar-refractivity contribution in [1.82, 2.24) is 14.2 Å². The number of pyridine rings is 1. The van der Waals surface area contributed by atoms with Gasteiger partial charge in [-0.25, -0.2) is 8.42 Å². The first kappa shape index (κ1) is 20.7. The Kier molecular flexibility index (Phi) is 6.95. The van der Waals surface area contributed by atoms with Gasteiger partial charge in [-0.1, -0.05) is 0 Å². The maximum absolute atomic E-state index is 12.7. The molecule has 1 fully saturated rings. The van der Waals surface area contributed by atoms with Crippen molar-refractivity contribution in [2.24, 2.45) is 0 Å². The second-order valence-electron chi connectivity index (χ2n) is 6.34. The molecule has 0 aliphatic carbocycles. The predicted molar refractivity (Wildman–Crippen MR) is 113 cm³/mol. The number of hydrogen-bond acceptors (Lipinski definition) is 5. The van der Waals surface area contributed by atoms with Gasteiger partial charge in [0.1, 0.15) is 0 Å². The van der Waals surface area contributed by atoms with Crippen LogP contribution in [0.5, 0.6) is 0 Å². The normalized spacial score (nSPS) is 15.2. The number of anilines is 1. The van der Waals surface area contributed by atoms with Crippen molar-refractivity contribution < 1.29 is 13.2 Å². The minimum Gasteiger partial charge on any atom is -0.379 e. The van der Waals surface area contributed by atoms with Crippen molar-refractivity contribution in [3.63, 3.8) is 0 Å². The van der Waals surface area contributed by atoms with E-state index in [4.69, 9.17) is 17.0 Å². The summed E-state index contributed by atoms with van der Waals surface area (Å²) in [6.45, 7) is 5.08. The van der Waals surface area contributed by atoms with Crippen LogP contribution in [0.2, 0.25) is 0 Å². The molecule has 7 nitrogen and oxygen atoms in total. The molecule has 0 unspecified atom stereocenters. The summed E-state index contributed by atoms with van der Waals surface area (Å²) in [5, 5.41) is 3.77. The molecular formula is C19H24N4O3S2. The lowest BCUT2D eigenvalue weighted by Gasteiger charge is -2.26. The van der Waals surface area contributed by atoms with E-state index in [1.807, 2.05) is 24.0 Å². The molecule has 1 aromatic heterocycles. The standard InChI is InChI=1S/C19H24N4O3S2/c1-2-22(15-16-7-9-20-10-8-16)19(27)21-17-3-5-18(6-4-17)28(24,25)23-11-13-26-14-12-23/h3-10H,2,11-15H2,1H3,(H,21,27). The number of nitrogens with zero attached hydrogens (tertiary/aromatic N) is 3. The highest BCUT2D eigenvalue weighted by Crippen LogP contribution is 2.20. The van der Waals surface area contributed by atoms with Crippen LogP contribution in [0.15, 0.2) is 53.7 Å². The lowest BCUT2D eigenvalue weighted by Crippen LogP contribution is -2.40. The monoisotopic (exact) mass is 420 g/mol. The van der Waals surface area contributed by atoms with Gasteiger partial charge in [0.2, 0.25) is 10.0 Å². The minimum atomic E-state index is -3.49. The van der Waals surface area contributed by atoms with Gasteiger partial charge in [-0.15, -0.1) is 0 Å². The minimum absolute atomic E-state index is 0.273. The first-order valence-electron chi connectivity index (χ1n) is 9.13. The largest absolute Gasteiger partial charge is 0.379 e. The topological polar surface area (TPSA) is 74.8 Å². The zero-order valence-corrected chi connectivity index (χ0v) is 17.4. The van der Waals surface area contributed by atoms with E-state index in [-0.39, 0.29) is 4.90 Å². The molecule has 0 saturated carbocycles. The molecule has 150 valence electrons. The van der Waals surface area contributed by atoms with E-state index in [0.29, 0.717) is 38.0 Å². The molecule has 2 heterocycles. The Bertz CT molecular complexity index is 883. The summed E-state index contributed by atoms with van der Waals surface area (Å²) in [6.07, 6.45) is 3.51. The quantitative estimate of drug-likeness (QED) is 0.719. The lowest BCUT2D eigenvalue weighted by molar-refractivity contribution is 0.0730. The Morgan fingerprint density at radius 1 is 1.18 bits per heavy atom. The van der Waals surface area contributed by atoms with E-state index < -0.39 is 10.0 Å². The summed E-state index contributed by atoms with van der Waals surface area (Å²) in [4.78, 5) is 6.33. The molecule has 1 saturated heterocycles. The zero-order valence-electron chi connectivity index (χ0n) is 15.7. The Hall–Kier alpha value is -2.07. The van der Waals surface area contributed by atoms with E-state index in [1.54, 1.807) is 36.7 Å². The summed E-state index contributed by atoms with van der Waals surface area (Å²) in [6, 6.07) is 10.6. The average Bonchev–Trinajstić information content (AvgIpc) is 2.73. The first-order valence-corrected chi connectivity index (χ1v) is 11.0. The van der Waals surface area contributed by atoms with Gasteiger partial charge < -0.3 is 15.0 Å². The number of ether oxygens (including phenoxy) is 1. The average molecular weight is 421 g/mol. The molecule has 9 heteroatoms. The Balaban J connectivity index is 1.65. The molecule has 1 N–H and O–H groups in total. The molecular weight excluding hydrogens is 396 g/mol. The van der Waals surface area contributed by atoms with E-state index >= 15 is 0 Å². The Morgan fingerprint density at radius 3 is 2.43 bits per heavy atom. The number of benzene rings is 1. The van der Waals surface area contributed by atoms with Crippen LogP contribution in [0.4, 0.5) is 5.69 Å². The molecule has 2 aromatic rings. The van der Waals surface area contributed by atoms with Crippen molar-refractivity contribution in [2.75, 3.05) is 38.2 Å². The van der Waals surface area contributed by atoms with Gasteiger partial charge in [0.05, 0.1) is 18.1 Å². The molecule has 0 amide bonds. The highest BCUT2D eigenvalue weighted by Gasteiger charge is 2.26. The summed E-state index contributed by atoms with van der Waals surface area (Å²) in [7, 11) is -3.49. The lowest BCUT2D eigenvalue weighted by atomic mass is 10.2. The van der Waals surface area contributed by atoms with Gasteiger partial charge in [0.25, 0.3) is 0 Å². The smallest absolute Gasteiger partial charge is 0.243 e. The van der Waals surface area contributed by atoms with Gasteiger partial charge >= 0.3 is 0 Å². The van der Waals surface area contributed by atoms with Crippen LogP contribution in [-0.2, 0) is 21.3 Å². The van der Waals surface area contributed by atoms with Crippen LogP contribution in [0, 0.1) is 0 Å². The highest BCUT2D eigenvalue weighted by atomic mass is 32.2. The Morgan fingerprint density at radius 2 is 1.82 bits per heavy atom. The maximum atomic E-state index is 12.7. The van der Waals surface area contributed by atoms with Crippen LogP contribution in [0.1, 0.15) is 12.5 Å². The fourth-order valence-electron chi connectivity index (χ4n) is 2.88. The number of rotatable bonds is 6. The van der Waals surface area contributed by atoms with E-state index in [9.17, 15) is 8.42 Å². The summed E-state index contributed by atoms with van der Waals surface area (Å²) >= 11 is 5.52. The van der Waals surface area contributed by atoms with Crippen molar-refractivity contribution in [3.05, 3.63) is 54.4 Å². The molecule has 0 bridgehead atoms. The molecule has 0 radical (unpaired) electrons. The fraction of sp³-hybridized carbons (Fsp3) is 0.368. The molecule has 1 aromatic carbocycles. The second kappa shape index (κ2) is 9.42. The number of hydrogen-bond donors (Lipinski definition) is 1. The van der Waals surface area contributed by atoms with E-state index in [2.05, 4.69) is 10.3 Å².